The van der Waals surface area contributed by atoms with Crippen molar-refractivity contribution in [2.24, 2.45) is 0 Å². The highest BCUT2D eigenvalue weighted by atomic mass is 32.2. The van der Waals surface area contributed by atoms with E-state index in [2.05, 4.69) is 0 Å². The summed E-state index contributed by atoms with van der Waals surface area (Å²) in [6.45, 7) is 2.03. The standard InChI is InChI=1S/C8H10N2O6S/c1-2-16-6-3-4-7(9-17(13,14)15)8(5-6)10(11)12/h3-5,9H,2H2,1H3,(H,13,14,15). The van der Waals surface area contributed by atoms with Crippen LogP contribution in [0, 0.1) is 10.1 Å². The Morgan fingerprint density at radius 3 is 2.65 bits per heavy atom. The number of benzene rings is 1. The Balaban J connectivity index is 3.17. The van der Waals surface area contributed by atoms with Crippen LogP contribution in [0.2, 0.25) is 0 Å². The summed E-state index contributed by atoms with van der Waals surface area (Å²) in [5, 5.41) is 10.7. The fourth-order valence-electron chi connectivity index (χ4n) is 1.14. The SMILES string of the molecule is CCOc1ccc(NS(=O)(=O)O)c([N+](=O)[O-])c1. The molecule has 94 valence electrons. The summed E-state index contributed by atoms with van der Waals surface area (Å²) < 4.78 is 36.4. The zero-order valence-electron chi connectivity index (χ0n) is 8.78. The van der Waals surface area contributed by atoms with E-state index in [4.69, 9.17) is 9.29 Å². The molecular weight excluding hydrogens is 252 g/mol. The summed E-state index contributed by atoms with van der Waals surface area (Å²) in [4.78, 5) is 9.92. The van der Waals surface area contributed by atoms with E-state index in [0.29, 0.717) is 6.61 Å². The van der Waals surface area contributed by atoms with Gasteiger partial charge in [0.15, 0.2) is 0 Å². The molecule has 0 aliphatic heterocycles. The van der Waals surface area contributed by atoms with Crippen molar-refractivity contribution in [2.75, 3.05) is 11.3 Å². The number of hydrogen-bond acceptors (Lipinski definition) is 5. The number of hydrogen-bond donors (Lipinski definition) is 2. The van der Waals surface area contributed by atoms with Crippen LogP contribution in [0.5, 0.6) is 5.75 Å². The van der Waals surface area contributed by atoms with E-state index >= 15 is 0 Å². The van der Waals surface area contributed by atoms with Crippen molar-refractivity contribution in [2.45, 2.75) is 6.92 Å². The molecule has 9 heteroatoms. The fraction of sp³-hybridized carbons (Fsp3) is 0.250. The first kappa shape index (κ1) is 13.2. The molecular formula is C8H10N2O6S. The lowest BCUT2D eigenvalue weighted by Gasteiger charge is -2.06. The van der Waals surface area contributed by atoms with Crippen molar-refractivity contribution >= 4 is 21.7 Å². The molecule has 0 unspecified atom stereocenters. The first-order chi connectivity index (χ1) is 7.83. The molecule has 1 aromatic rings. The van der Waals surface area contributed by atoms with Crippen LogP contribution in [0.25, 0.3) is 0 Å². The quantitative estimate of drug-likeness (QED) is 0.467. The molecule has 0 spiro atoms. The Hall–Kier alpha value is -1.87. The number of rotatable bonds is 5. The average Bonchev–Trinajstić information content (AvgIpc) is 2.18. The molecule has 0 amide bonds. The normalized spacial score (nSPS) is 10.9. The van der Waals surface area contributed by atoms with Gasteiger partial charge in [-0.1, -0.05) is 0 Å². The van der Waals surface area contributed by atoms with Gasteiger partial charge in [-0.2, -0.15) is 8.42 Å². The van der Waals surface area contributed by atoms with Crippen LogP contribution >= 0.6 is 0 Å². The molecule has 8 nitrogen and oxygen atoms in total. The molecule has 0 saturated carbocycles. The Morgan fingerprint density at radius 1 is 1.53 bits per heavy atom. The van der Waals surface area contributed by atoms with Gasteiger partial charge in [0.05, 0.1) is 17.6 Å². The predicted molar refractivity (Wildman–Crippen MR) is 59.4 cm³/mol. The van der Waals surface area contributed by atoms with Crippen LogP contribution in [-0.4, -0.2) is 24.5 Å². The van der Waals surface area contributed by atoms with E-state index in [9.17, 15) is 18.5 Å². The zero-order chi connectivity index (χ0) is 13.1. The summed E-state index contributed by atoms with van der Waals surface area (Å²) in [6.07, 6.45) is 0. The second-order valence-electron chi connectivity index (χ2n) is 2.95. The second-order valence-corrected chi connectivity index (χ2v) is 4.10. The Morgan fingerprint density at radius 2 is 2.18 bits per heavy atom. The number of nitro benzene ring substituents is 1. The molecule has 17 heavy (non-hydrogen) atoms. The summed E-state index contributed by atoms with van der Waals surface area (Å²) in [7, 11) is -4.55. The third kappa shape index (κ3) is 3.89. The van der Waals surface area contributed by atoms with Crippen molar-refractivity contribution < 1.29 is 22.6 Å². The van der Waals surface area contributed by atoms with Gasteiger partial charge in [0.25, 0.3) is 5.69 Å². The van der Waals surface area contributed by atoms with Gasteiger partial charge in [0, 0.05) is 0 Å². The number of nitrogens with zero attached hydrogens (tertiary/aromatic N) is 1. The Kier molecular flexibility index (Phi) is 3.86. The molecule has 1 rings (SSSR count). The van der Waals surface area contributed by atoms with Crippen molar-refractivity contribution in [1.82, 2.24) is 0 Å². The van der Waals surface area contributed by atoms with E-state index in [0.717, 1.165) is 12.1 Å². The Labute approximate surface area is 97.2 Å². The number of ether oxygens (including phenoxy) is 1. The summed E-state index contributed by atoms with van der Waals surface area (Å²) >= 11 is 0. The highest BCUT2D eigenvalue weighted by Gasteiger charge is 2.18. The van der Waals surface area contributed by atoms with Gasteiger partial charge >= 0.3 is 10.3 Å². The monoisotopic (exact) mass is 262 g/mol. The maximum Gasteiger partial charge on any atom is 0.357 e. The maximum absolute atomic E-state index is 10.7. The molecule has 0 heterocycles. The molecule has 0 fully saturated rings. The lowest BCUT2D eigenvalue weighted by atomic mass is 10.2. The van der Waals surface area contributed by atoms with Gasteiger partial charge in [-0.15, -0.1) is 0 Å². The molecule has 1 aromatic carbocycles. The smallest absolute Gasteiger partial charge is 0.357 e. The van der Waals surface area contributed by atoms with E-state index < -0.39 is 20.9 Å². The topological polar surface area (TPSA) is 119 Å². The van der Waals surface area contributed by atoms with E-state index in [-0.39, 0.29) is 11.4 Å². The molecule has 0 saturated heterocycles. The highest BCUT2D eigenvalue weighted by molar-refractivity contribution is 7.87. The van der Waals surface area contributed by atoms with E-state index in [1.807, 2.05) is 0 Å². The predicted octanol–water partition coefficient (Wildman–Crippen LogP) is 1.21. The van der Waals surface area contributed by atoms with Crippen molar-refractivity contribution in [1.29, 1.82) is 0 Å². The summed E-state index contributed by atoms with van der Waals surface area (Å²) in [5.41, 5.74) is -0.838. The molecule has 0 radical (unpaired) electrons. The van der Waals surface area contributed by atoms with Gasteiger partial charge in [-0.05, 0) is 19.1 Å². The molecule has 0 aliphatic carbocycles. The van der Waals surface area contributed by atoms with Crippen LogP contribution in [0.1, 0.15) is 6.92 Å². The number of anilines is 1. The third-order valence-electron chi connectivity index (χ3n) is 1.72. The summed E-state index contributed by atoms with van der Waals surface area (Å²) in [6, 6.07) is 3.55. The zero-order valence-corrected chi connectivity index (χ0v) is 9.60. The van der Waals surface area contributed by atoms with Crippen molar-refractivity contribution in [3.63, 3.8) is 0 Å². The van der Waals surface area contributed by atoms with Crippen LogP contribution in [0.15, 0.2) is 18.2 Å². The second kappa shape index (κ2) is 4.97. The molecule has 0 aliphatic rings. The lowest BCUT2D eigenvalue weighted by Crippen LogP contribution is -2.11. The maximum atomic E-state index is 10.7. The molecule has 0 aromatic heterocycles. The van der Waals surface area contributed by atoms with Gasteiger partial charge in [0.1, 0.15) is 11.4 Å². The van der Waals surface area contributed by atoms with Gasteiger partial charge in [-0.25, -0.2) is 0 Å². The highest BCUT2D eigenvalue weighted by Crippen LogP contribution is 2.29. The lowest BCUT2D eigenvalue weighted by molar-refractivity contribution is -0.384. The molecule has 0 bridgehead atoms. The molecule has 2 N–H and O–H groups in total. The van der Waals surface area contributed by atoms with Gasteiger partial charge < -0.3 is 4.74 Å². The fourth-order valence-corrected chi connectivity index (χ4v) is 1.59. The van der Waals surface area contributed by atoms with Crippen molar-refractivity contribution in [3.05, 3.63) is 28.3 Å². The number of nitro groups is 1. The third-order valence-corrected chi connectivity index (χ3v) is 2.19. The first-order valence-corrected chi connectivity index (χ1v) is 5.94. The summed E-state index contributed by atoms with van der Waals surface area (Å²) in [5.74, 6) is 0.236. The van der Waals surface area contributed by atoms with Gasteiger partial charge in [-0.3, -0.25) is 19.4 Å². The van der Waals surface area contributed by atoms with Crippen LogP contribution in [-0.2, 0) is 10.3 Å². The number of nitrogens with one attached hydrogen (secondary N) is 1. The van der Waals surface area contributed by atoms with E-state index in [1.54, 1.807) is 11.6 Å². The minimum absolute atomic E-state index is 0.236. The van der Waals surface area contributed by atoms with Crippen LogP contribution in [0.4, 0.5) is 11.4 Å². The van der Waals surface area contributed by atoms with Crippen LogP contribution < -0.4 is 9.46 Å². The largest absolute Gasteiger partial charge is 0.494 e. The minimum atomic E-state index is -4.55. The first-order valence-electron chi connectivity index (χ1n) is 4.50. The average molecular weight is 262 g/mol. The van der Waals surface area contributed by atoms with Gasteiger partial charge in [0.2, 0.25) is 0 Å². The van der Waals surface area contributed by atoms with Crippen LogP contribution in [0.3, 0.4) is 0 Å². The molecule has 0 atom stereocenters. The van der Waals surface area contributed by atoms with E-state index in [1.165, 1.54) is 6.07 Å². The Bertz CT molecular complexity index is 527. The van der Waals surface area contributed by atoms with Crippen molar-refractivity contribution in [3.8, 4) is 5.75 Å². The minimum Gasteiger partial charge on any atom is -0.494 e.